The van der Waals surface area contributed by atoms with Crippen LogP contribution in [0.3, 0.4) is 0 Å². The smallest absolute Gasteiger partial charge is 0.257 e. The Hall–Kier alpha value is -1.81. The van der Waals surface area contributed by atoms with E-state index in [-0.39, 0.29) is 5.56 Å². The molecular weight excluding hydrogens is 250 g/mol. The molecule has 2 N–H and O–H groups in total. The van der Waals surface area contributed by atoms with Crippen LogP contribution in [0.4, 0.5) is 5.82 Å². The molecule has 1 aromatic carbocycles. The van der Waals surface area contributed by atoms with Crippen molar-refractivity contribution in [3.8, 4) is 0 Å². The molecular formula is C16H21N3O. The van der Waals surface area contributed by atoms with Crippen molar-refractivity contribution in [2.24, 2.45) is 0 Å². The zero-order valence-corrected chi connectivity index (χ0v) is 12.1. The van der Waals surface area contributed by atoms with Gasteiger partial charge in [-0.15, -0.1) is 0 Å². The van der Waals surface area contributed by atoms with Gasteiger partial charge in [-0.05, 0) is 29.0 Å². The molecule has 1 fully saturated rings. The third kappa shape index (κ3) is 2.43. The van der Waals surface area contributed by atoms with Gasteiger partial charge in [0.1, 0.15) is 5.82 Å². The van der Waals surface area contributed by atoms with Crippen LogP contribution < -0.4 is 15.8 Å². The van der Waals surface area contributed by atoms with Gasteiger partial charge in [0.15, 0.2) is 0 Å². The Kier molecular flexibility index (Phi) is 3.49. The highest BCUT2D eigenvalue weighted by atomic mass is 16.1. The SMILES string of the molecule is CC(C)c1ccc2c(=O)[nH]c(N3CCNCC3)cc2c1. The van der Waals surface area contributed by atoms with E-state index in [0.717, 1.165) is 42.8 Å². The number of aromatic nitrogens is 1. The van der Waals surface area contributed by atoms with Crippen molar-refractivity contribution in [1.82, 2.24) is 10.3 Å². The van der Waals surface area contributed by atoms with Gasteiger partial charge in [0.2, 0.25) is 0 Å². The third-order valence-electron chi connectivity index (χ3n) is 3.98. The molecule has 0 saturated carbocycles. The standard InChI is InChI=1S/C16H21N3O/c1-11(2)12-3-4-14-13(9-12)10-15(18-16(14)20)19-7-5-17-6-8-19/h3-4,9-11,17H,5-8H2,1-2H3,(H,18,20). The van der Waals surface area contributed by atoms with Gasteiger partial charge in [0, 0.05) is 31.6 Å². The number of nitrogens with one attached hydrogen (secondary N) is 2. The summed E-state index contributed by atoms with van der Waals surface area (Å²) < 4.78 is 0. The van der Waals surface area contributed by atoms with Crippen LogP contribution in [0, 0.1) is 0 Å². The second-order valence-electron chi connectivity index (χ2n) is 5.72. The van der Waals surface area contributed by atoms with Gasteiger partial charge >= 0.3 is 0 Å². The minimum atomic E-state index is 0.00587. The molecule has 20 heavy (non-hydrogen) atoms. The molecule has 1 aliphatic heterocycles. The summed E-state index contributed by atoms with van der Waals surface area (Å²) in [5.74, 6) is 1.41. The summed E-state index contributed by atoms with van der Waals surface area (Å²) in [4.78, 5) is 17.5. The van der Waals surface area contributed by atoms with E-state index in [1.54, 1.807) is 0 Å². The molecule has 0 bridgehead atoms. The first kappa shape index (κ1) is 13.2. The molecule has 1 aliphatic rings. The molecule has 4 nitrogen and oxygen atoms in total. The van der Waals surface area contributed by atoms with E-state index in [9.17, 15) is 4.79 Å². The summed E-state index contributed by atoms with van der Waals surface area (Å²) in [5.41, 5.74) is 1.28. The maximum absolute atomic E-state index is 12.2. The largest absolute Gasteiger partial charge is 0.356 e. The van der Waals surface area contributed by atoms with E-state index in [4.69, 9.17) is 0 Å². The van der Waals surface area contributed by atoms with Gasteiger partial charge in [0.25, 0.3) is 5.56 Å². The van der Waals surface area contributed by atoms with Gasteiger partial charge in [-0.25, -0.2) is 0 Å². The Morgan fingerprint density at radius 3 is 2.60 bits per heavy atom. The van der Waals surface area contributed by atoms with Crippen molar-refractivity contribution in [3.63, 3.8) is 0 Å². The average molecular weight is 271 g/mol. The molecule has 0 unspecified atom stereocenters. The molecule has 2 heterocycles. The average Bonchev–Trinajstić information content (AvgIpc) is 2.47. The Morgan fingerprint density at radius 2 is 1.90 bits per heavy atom. The van der Waals surface area contributed by atoms with Gasteiger partial charge in [-0.2, -0.15) is 0 Å². The monoisotopic (exact) mass is 271 g/mol. The first-order valence-electron chi connectivity index (χ1n) is 7.28. The fraction of sp³-hybridized carbons (Fsp3) is 0.438. The second kappa shape index (κ2) is 5.29. The molecule has 0 radical (unpaired) electrons. The molecule has 106 valence electrons. The van der Waals surface area contributed by atoms with E-state index >= 15 is 0 Å². The van der Waals surface area contributed by atoms with Crippen molar-refractivity contribution >= 4 is 16.6 Å². The lowest BCUT2D eigenvalue weighted by Crippen LogP contribution is -2.44. The zero-order chi connectivity index (χ0) is 14.1. The first-order valence-corrected chi connectivity index (χ1v) is 7.28. The number of piperazine rings is 1. The molecule has 3 rings (SSSR count). The first-order chi connectivity index (χ1) is 9.65. The lowest BCUT2D eigenvalue weighted by Gasteiger charge is -2.29. The van der Waals surface area contributed by atoms with E-state index in [0.29, 0.717) is 5.92 Å². The van der Waals surface area contributed by atoms with Crippen molar-refractivity contribution in [1.29, 1.82) is 0 Å². The molecule has 0 spiro atoms. The van der Waals surface area contributed by atoms with E-state index in [2.05, 4.69) is 41.2 Å². The minimum Gasteiger partial charge on any atom is -0.356 e. The van der Waals surface area contributed by atoms with Gasteiger partial charge in [-0.3, -0.25) is 4.79 Å². The summed E-state index contributed by atoms with van der Waals surface area (Å²) in [7, 11) is 0. The van der Waals surface area contributed by atoms with Crippen LogP contribution in [0.5, 0.6) is 0 Å². The predicted molar refractivity (Wildman–Crippen MR) is 83.7 cm³/mol. The van der Waals surface area contributed by atoms with Crippen LogP contribution in [0.2, 0.25) is 0 Å². The highest BCUT2D eigenvalue weighted by Crippen LogP contribution is 2.22. The molecule has 0 atom stereocenters. The molecule has 2 aromatic rings. The summed E-state index contributed by atoms with van der Waals surface area (Å²) in [6.45, 7) is 8.14. The van der Waals surface area contributed by atoms with Crippen molar-refractivity contribution in [2.45, 2.75) is 19.8 Å². The minimum absolute atomic E-state index is 0.00587. The Bertz CT molecular complexity index is 669. The number of hydrogen-bond acceptors (Lipinski definition) is 3. The van der Waals surface area contributed by atoms with Crippen LogP contribution in [-0.4, -0.2) is 31.2 Å². The fourth-order valence-electron chi connectivity index (χ4n) is 2.71. The third-order valence-corrected chi connectivity index (χ3v) is 3.98. The number of H-pyrrole nitrogens is 1. The normalized spacial score (nSPS) is 16.1. The van der Waals surface area contributed by atoms with E-state index in [1.807, 2.05) is 12.1 Å². The summed E-state index contributed by atoms with van der Waals surface area (Å²) >= 11 is 0. The fourth-order valence-corrected chi connectivity index (χ4v) is 2.71. The summed E-state index contributed by atoms with van der Waals surface area (Å²) in [6.07, 6.45) is 0. The number of hydrogen-bond donors (Lipinski definition) is 2. The maximum Gasteiger partial charge on any atom is 0.257 e. The van der Waals surface area contributed by atoms with E-state index in [1.165, 1.54) is 5.56 Å². The van der Waals surface area contributed by atoms with Gasteiger partial charge < -0.3 is 15.2 Å². The zero-order valence-electron chi connectivity index (χ0n) is 12.1. The predicted octanol–water partition coefficient (Wildman–Crippen LogP) is 2.06. The lowest BCUT2D eigenvalue weighted by molar-refractivity contribution is 0.585. The topological polar surface area (TPSA) is 48.1 Å². The maximum atomic E-state index is 12.2. The van der Waals surface area contributed by atoms with Crippen LogP contribution in [-0.2, 0) is 0 Å². The number of benzene rings is 1. The highest BCUT2D eigenvalue weighted by Gasteiger charge is 2.13. The van der Waals surface area contributed by atoms with Crippen LogP contribution in [0.1, 0.15) is 25.3 Å². The Labute approximate surface area is 118 Å². The van der Waals surface area contributed by atoms with Crippen molar-refractivity contribution < 1.29 is 0 Å². The van der Waals surface area contributed by atoms with Crippen molar-refractivity contribution in [3.05, 3.63) is 40.2 Å². The Balaban J connectivity index is 2.08. The molecule has 0 amide bonds. The number of rotatable bonds is 2. The highest BCUT2D eigenvalue weighted by molar-refractivity contribution is 5.84. The second-order valence-corrected chi connectivity index (χ2v) is 5.72. The number of fused-ring (bicyclic) bond motifs is 1. The van der Waals surface area contributed by atoms with Crippen LogP contribution in [0.25, 0.3) is 10.8 Å². The molecule has 0 aliphatic carbocycles. The van der Waals surface area contributed by atoms with Gasteiger partial charge in [-0.1, -0.05) is 26.0 Å². The van der Waals surface area contributed by atoms with Crippen LogP contribution >= 0.6 is 0 Å². The summed E-state index contributed by atoms with van der Waals surface area (Å²) in [5, 5.41) is 5.13. The number of aromatic amines is 1. The van der Waals surface area contributed by atoms with Crippen LogP contribution in [0.15, 0.2) is 29.1 Å². The van der Waals surface area contributed by atoms with E-state index < -0.39 is 0 Å². The molecule has 4 heteroatoms. The summed E-state index contributed by atoms with van der Waals surface area (Å²) in [6, 6.07) is 8.23. The molecule has 1 saturated heterocycles. The Morgan fingerprint density at radius 1 is 1.15 bits per heavy atom. The quantitative estimate of drug-likeness (QED) is 0.879. The molecule has 1 aromatic heterocycles. The lowest BCUT2D eigenvalue weighted by atomic mass is 10.00. The van der Waals surface area contributed by atoms with Crippen molar-refractivity contribution in [2.75, 3.05) is 31.1 Å². The number of anilines is 1. The number of nitrogens with zero attached hydrogens (tertiary/aromatic N) is 1. The van der Waals surface area contributed by atoms with Gasteiger partial charge in [0.05, 0.1) is 0 Å². The number of pyridine rings is 1.